The van der Waals surface area contributed by atoms with Crippen LogP contribution in [0.1, 0.15) is 25.5 Å². The van der Waals surface area contributed by atoms with Gasteiger partial charge in [0.1, 0.15) is 11.6 Å². The van der Waals surface area contributed by atoms with Crippen LogP contribution in [-0.2, 0) is 4.79 Å². The van der Waals surface area contributed by atoms with Crippen molar-refractivity contribution >= 4 is 21.8 Å². The molecule has 0 fully saturated rings. The molecule has 1 N–H and O–H groups in total. The van der Waals surface area contributed by atoms with Crippen molar-refractivity contribution in [1.82, 2.24) is 5.32 Å². The monoisotopic (exact) mass is 413 g/mol. The molecule has 7 heteroatoms. The largest absolute Gasteiger partial charge is 0.494 e. The predicted molar refractivity (Wildman–Crippen MR) is 93.7 cm³/mol. The lowest BCUT2D eigenvalue weighted by atomic mass is 10.1. The topological polar surface area (TPSA) is 47.6 Å². The summed E-state index contributed by atoms with van der Waals surface area (Å²) in [4.78, 5) is 12.3. The highest BCUT2D eigenvalue weighted by atomic mass is 79.9. The molecule has 1 amide bonds. The number of carbonyl (C=O) groups excluding carboxylic acids is 1. The van der Waals surface area contributed by atoms with Crippen molar-refractivity contribution < 1.29 is 23.0 Å². The van der Waals surface area contributed by atoms with Crippen LogP contribution >= 0.6 is 15.9 Å². The second kappa shape index (κ2) is 8.29. The molecular weight excluding hydrogens is 396 g/mol. The minimum absolute atomic E-state index is 0.139. The van der Waals surface area contributed by atoms with E-state index in [9.17, 15) is 13.6 Å². The molecule has 0 heterocycles. The van der Waals surface area contributed by atoms with Gasteiger partial charge < -0.3 is 14.8 Å². The zero-order valence-corrected chi connectivity index (χ0v) is 15.6. The molecule has 0 saturated heterocycles. The Kier molecular flexibility index (Phi) is 6.36. The fourth-order valence-electron chi connectivity index (χ4n) is 2.18. The maximum Gasteiger partial charge on any atom is 0.261 e. The van der Waals surface area contributed by atoms with Gasteiger partial charge in [0, 0.05) is 0 Å². The molecule has 0 bridgehead atoms. The first-order valence-corrected chi connectivity index (χ1v) is 8.36. The van der Waals surface area contributed by atoms with E-state index in [4.69, 9.17) is 9.47 Å². The average molecular weight is 414 g/mol. The van der Waals surface area contributed by atoms with Crippen molar-refractivity contribution in [2.45, 2.75) is 26.0 Å². The third-order valence-electron chi connectivity index (χ3n) is 3.60. The highest BCUT2D eigenvalue weighted by molar-refractivity contribution is 9.10. The molecule has 2 atom stereocenters. The number of hydrogen-bond acceptors (Lipinski definition) is 3. The van der Waals surface area contributed by atoms with Crippen LogP contribution in [0.5, 0.6) is 11.5 Å². The van der Waals surface area contributed by atoms with Gasteiger partial charge in [0.15, 0.2) is 17.7 Å². The standard InChI is InChI=1S/C18H18BrF2NO3/c1-10(12-4-6-17(24-3)15(21)8-12)22-18(23)11(2)25-16-7-5-13(20)9-14(16)19/h4-11H,1-3H3,(H,22,23). The van der Waals surface area contributed by atoms with Crippen LogP contribution in [-0.4, -0.2) is 19.1 Å². The number of amides is 1. The predicted octanol–water partition coefficient (Wildman–Crippen LogP) is 4.38. The van der Waals surface area contributed by atoms with Gasteiger partial charge >= 0.3 is 0 Å². The van der Waals surface area contributed by atoms with E-state index < -0.39 is 23.8 Å². The van der Waals surface area contributed by atoms with E-state index in [2.05, 4.69) is 21.2 Å². The summed E-state index contributed by atoms with van der Waals surface area (Å²) >= 11 is 3.18. The summed E-state index contributed by atoms with van der Waals surface area (Å²) in [7, 11) is 1.38. The molecule has 0 saturated carbocycles. The van der Waals surface area contributed by atoms with E-state index in [0.29, 0.717) is 15.8 Å². The van der Waals surface area contributed by atoms with E-state index >= 15 is 0 Å². The van der Waals surface area contributed by atoms with E-state index in [1.165, 1.54) is 37.4 Å². The van der Waals surface area contributed by atoms with Gasteiger partial charge in [0.2, 0.25) is 0 Å². The van der Waals surface area contributed by atoms with Gasteiger partial charge in [-0.3, -0.25) is 4.79 Å². The zero-order valence-electron chi connectivity index (χ0n) is 14.0. The molecule has 25 heavy (non-hydrogen) atoms. The summed E-state index contributed by atoms with van der Waals surface area (Å²) < 4.78 is 37.7. The number of rotatable bonds is 6. The van der Waals surface area contributed by atoms with Gasteiger partial charge in [-0.1, -0.05) is 6.07 Å². The summed E-state index contributed by atoms with van der Waals surface area (Å²) in [6.45, 7) is 3.31. The van der Waals surface area contributed by atoms with E-state index in [-0.39, 0.29) is 11.7 Å². The third kappa shape index (κ3) is 4.92. The first-order chi connectivity index (χ1) is 11.8. The van der Waals surface area contributed by atoms with Crippen LogP contribution in [0.2, 0.25) is 0 Å². The maximum atomic E-state index is 13.8. The van der Waals surface area contributed by atoms with Gasteiger partial charge in [0.25, 0.3) is 5.91 Å². The quantitative estimate of drug-likeness (QED) is 0.764. The molecule has 0 aliphatic carbocycles. The summed E-state index contributed by atoms with van der Waals surface area (Å²) in [6, 6.07) is 8.00. The van der Waals surface area contributed by atoms with Crippen molar-refractivity contribution in [2.24, 2.45) is 0 Å². The van der Waals surface area contributed by atoms with E-state index in [0.717, 1.165) is 0 Å². The van der Waals surface area contributed by atoms with Crippen molar-refractivity contribution in [3.05, 3.63) is 58.1 Å². The Labute approximate surface area is 153 Å². The zero-order chi connectivity index (χ0) is 18.6. The van der Waals surface area contributed by atoms with Gasteiger partial charge in [0.05, 0.1) is 17.6 Å². The highest BCUT2D eigenvalue weighted by Gasteiger charge is 2.19. The van der Waals surface area contributed by atoms with E-state index in [1.54, 1.807) is 19.9 Å². The minimum atomic E-state index is -0.813. The SMILES string of the molecule is COc1ccc(C(C)NC(=O)C(C)Oc2ccc(F)cc2Br)cc1F. The van der Waals surface area contributed by atoms with Crippen LogP contribution in [0.25, 0.3) is 0 Å². The molecule has 0 aromatic heterocycles. The van der Waals surface area contributed by atoms with Crippen LogP contribution in [0, 0.1) is 11.6 Å². The van der Waals surface area contributed by atoms with Crippen LogP contribution < -0.4 is 14.8 Å². The fraction of sp³-hybridized carbons (Fsp3) is 0.278. The third-order valence-corrected chi connectivity index (χ3v) is 4.22. The van der Waals surface area contributed by atoms with Gasteiger partial charge in [-0.15, -0.1) is 0 Å². The number of halogens is 3. The Morgan fingerprint density at radius 3 is 2.40 bits per heavy atom. The van der Waals surface area contributed by atoms with Crippen molar-refractivity contribution in [1.29, 1.82) is 0 Å². The number of ether oxygens (including phenoxy) is 2. The minimum Gasteiger partial charge on any atom is -0.494 e. The number of methoxy groups -OCH3 is 1. The Bertz CT molecular complexity index is 770. The molecule has 134 valence electrons. The Hall–Kier alpha value is -2.15. The van der Waals surface area contributed by atoms with Gasteiger partial charge in [-0.25, -0.2) is 8.78 Å². The molecule has 2 unspecified atom stereocenters. The van der Waals surface area contributed by atoms with E-state index in [1.807, 2.05) is 0 Å². The number of nitrogens with one attached hydrogen (secondary N) is 1. The maximum absolute atomic E-state index is 13.8. The second-order valence-electron chi connectivity index (χ2n) is 5.46. The number of hydrogen-bond donors (Lipinski definition) is 1. The van der Waals surface area contributed by atoms with Gasteiger partial charge in [-0.05, 0) is 65.7 Å². The summed E-state index contributed by atoms with van der Waals surface area (Å²) in [5.41, 5.74) is 0.599. The molecular formula is C18H18BrF2NO3. The fourth-order valence-corrected chi connectivity index (χ4v) is 2.63. The van der Waals surface area contributed by atoms with Crippen LogP contribution in [0.4, 0.5) is 8.78 Å². The first kappa shape index (κ1) is 19.2. The molecule has 2 aromatic rings. The number of carbonyl (C=O) groups is 1. The van der Waals surface area contributed by atoms with Crippen molar-refractivity contribution in [3.8, 4) is 11.5 Å². The molecule has 4 nitrogen and oxygen atoms in total. The molecule has 0 spiro atoms. The Morgan fingerprint density at radius 1 is 1.12 bits per heavy atom. The summed E-state index contributed by atoms with van der Waals surface area (Å²) in [5, 5.41) is 2.75. The van der Waals surface area contributed by atoms with Crippen molar-refractivity contribution in [2.75, 3.05) is 7.11 Å². The smallest absolute Gasteiger partial charge is 0.261 e. The molecule has 0 aliphatic rings. The normalized spacial score (nSPS) is 13.0. The highest BCUT2D eigenvalue weighted by Crippen LogP contribution is 2.27. The average Bonchev–Trinajstić information content (AvgIpc) is 2.57. The van der Waals surface area contributed by atoms with Gasteiger partial charge in [-0.2, -0.15) is 0 Å². The second-order valence-corrected chi connectivity index (χ2v) is 6.31. The molecule has 0 aliphatic heterocycles. The summed E-state index contributed by atoms with van der Waals surface area (Å²) in [6.07, 6.45) is -0.813. The number of benzene rings is 2. The lowest BCUT2D eigenvalue weighted by Crippen LogP contribution is -2.37. The van der Waals surface area contributed by atoms with Crippen LogP contribution in [0.3, 0.4) is 0 Å². The lowest BCUT2D eigenvalue weighted by molar-refractivity contribution is -0.127. The summed E-state index contributed by atoms with van der Waals surface area (Å²) in [5.74, 6) is -0.792. The Morgan fingerprint density at radius 2 is 1.80 bits per heavy atom. The Balaban J connectivity index is 2.01. The van der Waals surface area contributed by atoms with Crippen molar-refractivity contribution in [3.63, 3.8) is 0 Å². The first-order valence-electron chi connectivity index (χ1n) is 7.57. The molecule has 2 rings (SSSR count). The molecule has 0 radical (unpaired) electrons. The molecule has 2 aromatic carbocycles. The lowest BCUT2D eigenvalue weighted by Gasteiger charge is -2.20. The van der Waals surface area contributed by atoms with Crippen LogP contribution in [0.15, 0.2) is 40.9 Å².